The first-order valence-corrected chi connectivity index (χ1v) is 9.96. The molecule has 0 spiro atoms. The minimum atomic E-state index is -0.563. The van der Waals surface area contributed by atoms with Gasteiger partial charge in [0.25, 0.3) is 0 Å². The number of aromatic nitrogens is 1. The summed E-state index contributed by atoms with van der Waals surface area (Å²) in [5.74, 6) is -0.240. The van der Waals surface area contributed by atoms with Gasteiger partial charge in [-0.15, -0.1) is 11.3 Å². The van der Waals surface area contributed by atoms with Crippen molar-refractivity contribution in [3.63, 3.8) is 0 Å². The molecule has 0 bridgehead atoms. The maximum Gasteiger partial charge on any atom is 0.338 e. The van der Waals surface area contributed by atoms with E-state index in [1.54, 1.807) is 13.8 Å². The highest BCUT2D eigenvalue weighted by atomic mass is 32.1. The average Bonchev–Trinajstić information content (AvgIpc) is 3.06. The Balaban J connectivity index is 2.23. The van der Waals surface area contributed by atoms with Crippen molar-refractivity contribution < 1.29 is 14.3 Å². The van der Waals surface area contributed by atoms with Crippen molar-refractivity contribution in [3.05, 3.63) is 62.7 Å². The molecule has 1 aromatic heterocycles. The molecule has 6 nitrogen and oxygen atoms in total. The number of ether oxygens (including phenoxy) is 1. The van der Waals surface area contributed by atoms with Gasteiger partial charge >= 0.3 is 5.97 Å². The second-order valence-corrected chi connectivity index (χ2v) is 7.66. The molecule has 1 aliphatic rings. The molecule has 0 aliphatic carbocycles. The van der Waals surface area contributed by atoms with Crippen LogP contribution in [0.5, 0.6) is 0 Å². The van der Waals surface area contributed by atoms with Gasteiger partial charge in [0.15, 0.2) is 5.84 Å². The number of carbonyl (C=O) groups excluding carboxylic acids is 2. The predicted octanol–water partition coefficient (Wildman–Crippen LogP) is 3.95. The first-order valence-electron chi connectivity index (χ1n) is 9.09. The topological polar surface area (TPSA) is 71.9 Å². The van der Waals surface area contributed by atoms with Gasteiger partial charge in [0.1, 0.15) is 11.7 Å². The van der Waals surface area contributed by atoms with E-state index in [1.165, 1.54) is 23.2 Å². The van der Waals surface area contributed by atoms with E-state index >= 15 is 0 Å². The number of hydrogen-bond acceptors (Lipinski definition) is 6. The largest absolute Gasteiger partial charge is 0.463 e. The summed E-state index contributed by atoms with van der Waals surface area (Å²) in [6.45, 7) is 9.11. The van der Waals surface area contributed by atoms with Gasteiger partial charge in [-0.05, 0) is 33.3 Å². The van der Waals surface area contributed by atoms with E-state index in [0.29, 0.717) is 22.8 Å². The molecule has 1 amide bonds. The predicted molar refractivity (Wildman–Crippen MR) is 109 cm³/mol. The Labute approximate surface area is 168 Å². The van der Waals surface area contributed by atoms with Crippen LogP contribution in [0.1, 0.15) is 48.6 Å². The average molecular weight is 398 g/mol. The van der Waals surface area contributed by atoms with Crippen molar-refractivity contribution in [1.82, 2.24) is 9.88 Å². The SMILES string of the molecule is CCOC(=O)C1=C(C)N(C(C)=O)C(c2csc(C)n2)=NC1c1cccc(C)c1. The van der Waals surface area contributed by atoms with E-state index < -0.39 is 12.0 Å². The highest BCUT2D eigenvalue weighted by molar-refractivity contribution is 7.09. The molecule has 2 heterocycles. The van der Waals surface area contributed by atoms with Crippen molar-refractivity contribution >= 4 is 29.0 Å². The Morgan fingerprint density at radius 3 is 2.57 bits per heavy atom. The number of benzene rings is 1. The lowest BCUT2D eigenvalue weighted by atomic mass is 9.94. The lowest BCUT2D eigenvalue weighted by Gasteiger charge is -2.32. The number of rotatable bonds is 4. The molecule has 7 heteroatoms. The smallest absolute Gasteiger partial charge is 0.338 e. The molecule has 28 heavy (non-hydrogen) atoms. The number of hydrogen-bond donors (Lipinski definition) is 0. The molecule has 0 saturated carbocycles. The van der Waals surface area contributed by atoms with Crippen LogP contribution in [0.2, 0.25) is 0 Å². The molecule has 0 fully saturated rings. The van der Waals surface area contributed by atoms with Crippen LogP contribution in [-0.2, 0) is 14.3 Å². The van der Waals surface area contributed by atoms with Crippen molar-refractivity contribution in [2.45, 2.75) is 40.7 Å². The molecule has 1 unspecified atom stereocenters. The number of nitrogens with zero attached hydrogens (tertiary/aromatic N) is 3. The first kappa shape index (κ1) is 19.9. The lowest BCUT2D eigenvalue weighted by molar-refractivity contribution is -0.139. The van der Waals surface area contributed by atoms with Gasteiger partial charge in [0, 0.05) is 18.0 Å². The van der Waals surface area contributed by atoms with Crippen LogP contribution < -0.4 is 0 Å². The van der Waals surface area contributed by atoms with E-state index in [-0.39, 0.29) is 12.5 Å². The third-order valence-electron chi connectivity index (χ3n) is 4.48. The van der Waals surface area contributed by atoms with Gasteiger partial charge in [0.05, 0.1) is 17.2 Å². The molecule has 1 aliphatic heterocycles. The zero-order valence-electron chi connectivity index (χ0n) is 16.6. The van der Waals surface area contributed by atoms with Gasteiger partial charge < -0.3 is 4.74 Å². The quantitative estimate of drug-likeness (QED) is 0.733. The lowest BCUT2D eigenvalue weighted by Crippen LogP contribution is -2.40. The Hall–Kier alpha value is -2.80. The van der Waals surface area contributed by atoms with E-state index in [2.05, 4.69) is 4.98 Å². The second kappa shape index (κ2) is 8.06. The molecule has 1 atom stereocenters. The summed E-state index contributed by atoms with van der Waals surface area (Å²) in [6.07, 6.45) is 0. The van der Waals surface area contributed by atoms with Gasteiger partial charge in [-0.1, -0.05) is 29.8 Å². The molecule has 1 aromatic carbocycles. The van der Waals surface area contributed by atoms with Crippen molar-refractivity contribution in [1.29, 1.82) is 0 Å². The fraction of sp³-hybridized carbons (Fsp3) is 0.333. The van der Waals surface area contributed by atoms with Crippen LogP contribution in [0, 0.1) is 13.8 Å². The number of carbonyl (C=O) groups is 2. The van der Waals surface area contributed by atoms with Gasteiger partial charge in [-0.25, -0.2) is 9.78 Å². The fourth-order valence-corrected chi connectivity index (χ4v) is 3.89. The van der Waals surface area contributed by atoms with Crippen LogP contribution in [0.3, 0.4) is 0 Å². The number of esters is 1. The minimum absolute atomic E-state index is 0.230. The maximum atomic E-state index is 12.8. The third kappa shape index (κ3) is 3.75. The van der Waals surface area contributed by atoms with Crippen LogP contribution in [0.4, 0.5) is 0 Å². The summed E-state index contributed by atoms with van der Waals surface area (Å²) in [6, 6.07) is 7.28. The zero-order valence-corrected chi connectivity index (χ0v) is 17.5. The maximum absolute atomic E-state index is 12.8. The normalized spacial score (nSPS) is 16.8. The second-order valence-electron chi connectivity index (χ2n) is 6.60. The van der Waals surface area contributed by atoms with Crippen molar-refractivity contribution in [2.24, 2.45) is 4.99 Å². The molecular formula is C21H23N3O3S. The van der Waals surface area contributed by atoms with E-state index in [4.69, 9.17) is 9.73 Å². The van der Waals surface area contributed by atoms with Crippen molar-refractivity contribution in [2.75, 3.05) is 6.61 Å². The number of aryl methyl sites for hydroxylation is 2. The van der Waals surface area contributed by atoms with Crippen LogP contribution >= 0.6 is 11.3 Å². The van der Waals surface area contributed by atoms with Crippen LogP contribution in [-0.4, -0.2) is 34.2 Å². The van der Waals surface area contributed by atoms with Crippen molar-refractivity contribution in [3.8, 4) is 0 Å². The molecule has 146 valence electrons. The van der Waals surface area contributed by atoms with Gasteiger partial charge in [-0.3, -0.25) is 14.7 Å². The number of allylic oxidation sites excluding steroid dienone is 1. The molecule has 0 saturated heterocycles. The summed E-state index contributed by atoms with van der Waals surface area (Å²) >= 11 is 1.49. The summed E-state index contributed by atoms with van der Waals surface area (Å²) in [5.41, 5.74) is 3.45. The Morgan fingerprint density at radius 2 is 2.00 bits per heavy atom. The standard InChI is InChI=1S/C21H23N3O3S/c1-6-27-21(26)18-13(3)24(15(5)25)20(17-11-28-14(4)22-17)23-19(18)16-9-7-8-12(2)10-16/h7-11,19H,6H2,1-5H3. The van der Waals surface area contributed by atoms with E-state index in [0.717, 1.165) is 16.1 Å². The van der Waals surface area contributed by atoms with Crippen LogP contribution in [0.15, 0.2) is 45.9 Å². The molecule has 0 N–H and O–H groups in total. The Kier molecular flexibility index (Phi) is 5.74. The van der Waals surface area contributed by atoms with Crippen LogP contribution in [0.25, 0.3) is 0 Å². The van der Waals surface area contributed by atoms with E-state index in [9.17, 15) is 9.59 Å². The fourth-order valence-electron chi connectivity index (χ4n) is 3.30. The zero-order chi connectivity index (χ0) is 20.4. The van der Waals surface area contributed by atoms with E-state index in [1.807, 2.05) is 43.5 Å². The van der Waals surface area contributed by atoms with Gasteiger partial charge in [-0.2, -0.15) is 0 Å². The summed E-state index contributed by atoms with van der Waals surface area (Å²) in [4.78, 5) is 36.0. The summed E-state index contributed by atoms with van der Waals surface area (Å²) in [7, 11) is 0. The number of aliphatic imine (C=N–C) groups is 1. The third-order valence-corrected chi connectivity index (χ3v) is 5.25. The number of amides is 1. The monoisotopic (exact) mass is 397 g/mol. The molecule has 2 aromatic rings. The molecule has 0 radical (unpaired) electrons. The molecular weight excluding hydrogens is 374 g/mol. The van der Waals surface area contributed by atoms with Gasteiger partial charge in [0.2, 0.25) is 5.91 Å². The molecule has 3 rings (SSSR count). The summed E-state index contributed by atoms with van der Waals surface area (Å²) < 4.78 is 5.29. The number of amidine groups is 1. The Bertz CT molecular complexity index is 990. The highest BCUT2D eigenvalue weighted by Gasteiger charge is 2.36. The summed E-state index contributed by atoms with van der Waals surface area (Å²) in [5, 5.41) is 2.76. The highest BCUT2D eigenvalue weighted by Crippen LogP contribution is 2.36. The number of thiazole rings is 1. The first-order chi connectivity index (χ1) is 13.3. The minimum Gasteiger partial charge on any atom is -0.463 e. The Morgan fingerprint density at radius 1 is 1.25 bits per heavy atom.